The van der Waals surface area contributed by atoms with E-state index in [4.69, 9.17) is 4.74 Å². The zero-order valence-electron chi connectivity index (χ0n) is 15.2. The van der Waals surface area contributed by atoms with Gasteiger partial charge < -0.3 is 4.74 Å². The van der Waals surface area contributed by atoms with Crippen molar-refractivity contribution in [2.75, 3.05) is 13.2 Å². The van der Waals surface area contributed by atoms with Crippen LogP contribution in [0.2, 0.25) is 0 Å². The van der Waals surface area contributed by atoms with Crippen molar-refractivity contribution in [3.05, 3.63) is 68.8 Å². The van der Waals surface area contributed by atoms with E-state index in [-0.39, 0.29) is 17.5 Å². The molecule has 1 atom stereocenters. The monoisotopic (exact) mass is 387 g/mol. The van der Waals surface area contributed by atoms with Crippen LogP contribution < -0.4 is 5.56 Å². The summed E-state index contributed by atoms with van der Waals surface area (Å²) in [5.74, 6) is -0.239. The SMILES string of the molecule is Cc1csc2nc(CN(Cc3cccc(F)c3)CC3CCCO3)cc(=O)n12. The Labute approximate surface area is 161 Å². The largest absolute Gasteiger partial charge is 0.377 e. The maximum absolute atomic E-state index is 13.6. The van der Waals surface area contributed by atoms with Gasteiger partial charge in [0.05, 0.1) is 11.8 Å². The average Bonchev–Trinajstić information content (AvgIpc) is 3.25. The normalized spacial score (nSPS) is 17.2. The molecule has 0 N–H and O–H groups in total. The molecule has 0 aliphatic carbocycles. The lowest BCUT2D eigenvalue weighted by atomic mass is 10.1. The maximum Gasteiger partial charge on any atom is 0.259 e. The van der Waals surface area contributed by atoms with Gasteiger partial charge in [-0.25, -0.2) is 9.37 Å². The van der Waals surface area contributed by atoms with Crippen molar-refractivity contribution < 1.29 is 9.13 Å². The van der Waals surface area contributed by atoms with Gasteiger partial charge in [-0.1, -0.05) is 12.1 Å². The number of hydrogen-bond donors (Lipinski definition) is 0. The predicted octanol–water partition coefficient (Wildman–Crippen LogP) is 3.38. The van der Waals surface area contributed by atoms with Crippen LogP contribution in [0.3, 0.4) is 0 Å². The minimum atomic E-state index is -0.239. The molecule has 0 radical (unpaired) electrons. The van der Waals surface area contributed by atoms with E-state index in [0.29, 0.717) is 18.1 Å². The molecule has 1 fully saturated rings. The Morgan fingerprint density at radius 1 is 1.37 bits per heavy atom. The van der Waals surface area contributed by atoms with Gasteiger partial charge in [-0.05, 0) is 37.5 Å². The van der Waals surface area contributed by atoms with Gasteiger partial charge in [0.2, 0.25) is 0 Å². The molecular weight excluding hydrogens is 365 g/mol. The van der Waals surface area contributed by atoms with Crippen molar-refractivity contribution in [1.29, 1.82) is 0 Å². The molecule has 0 amide bonds. The summed E-state index contributed by atoms with van der Waals surface area (Å²) >= 11 is 1.47. The number of hydrogen-bond acceptors (Lipinski definition) is 5. The fourth-order valence-electron chi connectivity index (χ4n) is 3.57. The number of ether oxygens (including phenoxy) is 1. The van der Waals surface area contributed by atoms with Gasteiger partial charge in [0.15, 0.2) is 4.96 Å². The van der Waals surface area contributed by atoms with Crippen molar-refractivity contribution in [3.8, 4) is 0 Å². The van der Waals surface area contributed by atoms with Gasteiger partial charge >= 0.3 is 0 Å². The van der Waals surface area contributed by atoms with Gasteiger partial charge in [-0.15, -0.1) is 11.3 Å². The first-order valence-corrected chi connectivity index (χ1v) is 10.0. The van der Waals surface area contributed by atoms with Crippen LogP contribution in [0.1, 0.15) is 29.8 Å². The van der Waals surface area contributed by atoms with E-state index in [9.17, 15) is 9.18 Å². The Kier molecular flexibility index (Phi) is 5.33. The molecule has 27 heavy (non-hydrogen) atoms. The zero-order valence-corrected chi connectivity index (χ0v) is 16.0. The quantitative estimate of drug-likeness (QED) is 0.651. The summed E-state index contributed by atoms with van der Waals surface area (Å²) in [6, 6.07) is 8.24. The zero-order chi connectivity index (χ0) is 18.8. The number of aromatic nitrogens is 2. The molecule has 3 heterocycles. The number of nitrogens with zero attached hydrogens (tertiary/aromatic N) is 3. The summed E-state index contributed by atoms with van der Waals surface area (Å²) in [6.45, 7) is 4.54. The number of fused-ring (bicyclic) bond motifs is 1. The minimum absolute atomic E-state index is 0.0587. The minimum Gasteiger partial charge on any atom is -0.377 e. The van der Waals surface area contributed by atoms with Crippen LogP contribution in [0.15, 0.2) is 40.5 Å². The Balaban J connectivity index is 1.58. The Morgan fingerprint density at radius 3 is 3.04 bits per heavy atom. The Morgan fingerprint density at radius 2 is 2.26 bits per heavy atom. The lowest BCUT2D eigenvalue weighted by molar-refractivity contribution is 0.0674. The fourth-order valence-corrected chi connectivity index (χ4v) is 4.46. The second-order valence-corrected chi connectivity index (χ2v) is 7.85. The number of benzene rings is 1. The van der Waals surface area contributed by atoms with Crippen LogP contribution in [-0.4, -0.2) is 33.5 Å². The molecular formula is C20H22FN3O2S. The van der Waals surface area contributed by atoms with Crippen LogP contribution in [-0.2, 0) is 17.8 Å². The summed E-state index contributed by atoms with van der Waals surface area (Å²) < 4.78 is 21.0. The number of aryl methyl sites for hydroxylation is 1. The standard InChI is InChI=1S/C20H22FN3O2S/c1-14-13-27-20-22-17(9-19(25)24(14)20)11-23(12-18-6-3-7-26-18)10-15-4-2-5-16(21)8-15/h2,4-5,8-9,13,18H,3,6-7,10-12H2,1H3. The topological polar surface area (TPSA) is 46.8 Å². The van der Waals surface area contributed by atoms with Gasteiger partial charge in [0.25, 0.3) is 5.56 Å². The fraction of sp³-hybridized carbons (Fsp3) is 0.400. The summed E-state index contributed by atoms with van der Waals surface area (Å²) in [4.78, 5) is 20.0. The molecule has 0 saturated carbocycles. The molecule has 142 valence electrons. The Bertz CT molecular complexity index is 994. The molecule has 0 bridgehead atoms. The van der Waals surface area contributed by atoms with Crippen LogP contribution in [0.25, 0.3) is 4.96 Å². The van der Waals surface area contributed by atoms with E-state index in [2.05, 4.69) is 9.88 Å². The molecule has 2 aromatic heterocycles. The molecule has 7 heteroatoms. The number of halogens is 1. The summed E-state index contributed by atoms with van der Waals surface area (Å²) in [5.41, 5.74) is 2.47. The molecule has 0 spiro atoms. The first-order chi connectivity index (χ1) is 13.1. The second kappa shape index (κ2) is 7.88. The lowest BCUT2D eigenvalue weighted by Crippen LogP contribution is -2.32. The van der Waals surface area contributed by atoms with Crippen molar-refractivity contribution in [2.24, 2.45) is 0 Å². The van der Waals surface area contributed by atoms with Gasteiger partial charge in [0.1, 0.15) is 5.82 Å². The van der Waals surface area contributed by atoms with Crippen LogP contribution in [0.4, 0.5) is 4.39 Å². The smallest absolute Gasteiger partial charge is 0.259 e. The van der Waals surface area contributed by atoms with E-state index in [1.807, 2.05) is 18.4 Å². The average molecular weight is 387 g/mol. The summed E-state index contributed by atoms with van der Waals surface area (Å²) in [7, 11) is 0. The molecule has 1 aromatic carbocycles. The highest BCUT2D eigenvalue weighted by Crippen LogP contribution is 2.18. The first-order valence-electron chi connectivity index (χ1n) is 9.14. The third kappa shape index (κ3) is 4.26. The molecule has 1 unspecified atom stereocenters. The second-order valence-electron chi connectivity index (χ2n) is 7.02. The van der Waals surface area contributed by atoms with Gasteiger partial charge in [-0.3, -0.25) is 14.1 Å². The first kappa shape index (κ1) is 18.3. The predicted molar refractivity (Wildman–Crippen MR) is 104 cm³/mol. The molecule has 1 aliphatic rings. The number of rotatable bonds is 6. The van der Waals surface area contributed by atoms with Crippen molar-refractivity contribution in [3.63, 3.8) is 0 Å². The molecule has 1 saturated heterocycles. The third-order valence-corrected chi connectivity index (χ3v) is 5.74. The molecule has 5 nitrogen and oxygen atoms in total. The van der Waals surface area contributed by atoms with Gasteiger partial charge in [-0.2, -0.15) is 0 Å². The van der Waals surface area contributed by atoms with E-state index in [0.717, 1.165) is 42.9 Å². The highest BCUT2D eigenvalue weighted by atomic mass is 32.1. The highest BCUT2D eigenvalue weighted by Gasteiger charge is 2.20. The molecule has 3 aromatic rings. The van der Waals surface area contributed by atoms with Crippen molar-refractivity contribution in [1.82, 2.24) is 14.3 Å². The maximum atomic E-state index is 13.6. The summed E-state index contributed by atoms with van der Waals surface area (Å²) in [6.07, 6.45) is 2.27. The van der Waals surface area contributed by atoms with E-state index < -0.39 is 0 Å². The summed E-state index contributed by atoms with van der Waals surface area (Å²) in [5, 5.41) is 1.93. The highest BCUT2D eigenvalue weighted by molar-refractivity contribution is 7.15. The lowest BCUT2D eigenvalue weighted by Gasteiger charge is -2.25. The number of thiazole rings is 1. The van der Waals surface area contributed by atoms with Crippen LogP contribution in [0, 0.1) is 12.7 Å². The van der Waals surface area contributed by atoms with Crippen molar-refractivity contribution in [2.45, 2.75) is 39.0 Å². The molecule has 1 aliphatic heterocycles. The third-order valence-electron chi connectivity index (χ3n) is 4.80. The Hall–Kier alpha value is -2.09. The van der Waals surface area contributed by atoms with Crippen molar-refractivity contribution >= 4 is 16.3 Å². The van der Waals surface area contributed by atoms with Crippen LogP contribution >= 0.6 is 11.3 Å². The van der Waals surface area contributed by atoms with Gasteiger partial charge in [0, 0.05) is 43.4 Å². The van der Waals surface area contributed by atoms with Crippen LogP contribution in [0.5, 0.6) is 0 Å². The van der Waals surface area contributed by atoms with E-state index in [1.54, 1.807) is 22.6 Å². The molecule has 4 rings (SSSR count). The van der Waals surface area contributed by atoms with E-state index >= 15 is 0 Å². The van der Waals surface area contributed by atoms with E-state index in [1.165, 1.54) is 17.4 Å².